The first-order valence-electron chi connectivity index (χ1n) is 9.77. The van der Waals surface area contributed by atoms with E-state index in [1.807, 2.05) is 6.07 Å². The van der Waals surface area contributed by atoms with Crippen LogP contribution in [0.2, 0.25) is 0 Å². The van der Waals surface area contributed by atoms with Gasteiger partial charge in [0.05, 0.1) is 19.2 Å². The van der Waals surface area contributed by atoms with Crippen LogP contribution in [-0.2, 0) is 13.1 Å². The fraction of sp³-hybridized carbons (Fsp3) is 0.174. The number of carbonyl (C=O) groups excluding carboxylic acids is 1. The Morgan fingerprint density at radius 1 is 1.06 bits per heavy atom. The normalized spacial score (nSPS) is 10.9. The highest BCUT2D eigenvalue weighted by Gasteiger charge is 2.15. The summed E-state index contributed by atoms with van der Waals surface area (Å²) >= 11 is 0. The summed E-state index contributed by atoms with van der Waals surface area (Å²) in [7, 11) is 1.56. The first-order chi connectivity index (χ1) is 15.1. The molecular weight excluding hydrogens is 399 g/mol. The molecule has 8 heteroatoms. The van der Waals surface area contributed by atoms with Crippen LogP contribution in [0.15, 0.2) is 71.7 Å². The van der Waals surface area contributed by atoms with Crippen molar-refractivity contribution < 1.29 is 13.9 Å². The van der Waals surface area contributed by atoms with Crippen molar-refractivity contribution in [1.29, 1.82) is 0 Å². The highest BCUT2D eigenvalue weighted by Crippen LogP contribution is 2.13. The zero-order valence-corrected chi connectivity index (χ0v) is 16.9. The van der Waals surface area contributed by atoms with Crippen molar-refractivity contribution in [2.75, 3.05) is 13.7 Å². The summed E-state index contributed by atoms with van der Waals surface area (Å²) in [4.78, 5) is 29.8. The number of nitrogens with zero attached hydrogens (tertiary/aromatic N) is 3. The quantitative estimate of drug-likeness (QED) is 0.499. The van der Waals surface area contributed by atoms with Gasteiger partial charge in [0.25, 0.3) is 5.91 Å². The molecule has 0 aliphatic carbocycles. The molecule has 0 fully saturated rings. The number of amides is 1. The third-order valence-electron chi connectivity index (χ3n) is 5.00. The molecule has 2 aromatic carbocycles. The Bertz CT molecular complexity index is 1260. The number of methoxy groups -OCH3 is 1. The second kappa shape index (κ2) is 8.83. The Morgan fingerprint density at radius 3 is 2.52 bits per heavy atom. The van der Waals surface area contributed by atoms with Crippen molar-refractivity contribution in [3.8, 4) is 5.75 Å². The van der Waals surface area contributed by atoms with Crippen LogP contribution in [0.1, 0.15) is 15.9 Å². The number of ether oxygens (including phenoxy) is 1. The van der Waals surface area contributed by atoms with Gasteiger partial charge in [-0.1, -0.05) is 12.1 Å². The number of aromatic nitrogens is 3. The first-order valence-corrected chi connectivity index (χ1v) is 9.77. The summed E-state index contributed by atoms with van der Waals surface area (Å²) < 4.78 is 21.4. The van der Waals surface area contributed by atoms with E-state index in [4.69, 9.17) is 4.74 Å². The molecule has 158 valence electrons. The summed E-state index contributed by atoms with van der Waals surface area (Å²) in [5, 5.41) is 2.82. The van der Waals surface area contributed by atoms with Crippen LogP contribution in [0.5, 0.6) is 5.75 Å². The van der Waals surface area contributed by atoms with Crippen LogP contribution < -0.4 is 15.7 Å². The van der Waals surface area contributed by atoms with E-state index in [0.717, 1.165) is 5.56 Å². The van der Waals surface area contributed by atoms with E-state index in [2.05, 4.69) is 10.3 Å². The van der Waals surface area contributed by atoms with Crippen LogP contribution in [0.4, 0.5) is 4.39 Å². The number of benzene rings is 2. The van der Waals surface area contributed by atoms with Gasteiger partial charge in [0.1, 0.15) is 11.6 Å². The minimum Gasteiger partial charge on any atom is -0.497 e. The molecule has 1 amide bonds. The first kappa shape index (κ1) is 20.3. The lowest BCUT2D eigenvalue weighted by Gasteiger charge is -2.07. The predicted molar refractivity (Wildman–Crippen MR) is 115 cm³/mol. The second-order valence-corrected chi connectivity index (χ2v) is 6.98. The smallest absolute Gasteiger partial charge is 0.330 e. The average molecular weight is 420 g/mol. The Kier molecular flexibility index (Phi) is 5.79. The summed E-state index contributed by atoms with van der Waals surface area (Å²) in [5.41, 5.74) is 2.28. The molecule has 0 saturated heterocycles. The van der Waals surface area contributed by atoms with Gasteiger partial charge in [-0.3, -0.25) is 13.9 Å². The van der Waals surface area contributed by atoms with E-state index in [1.165, 1.54) is 16.7 Å². The molecule has 1 N–H and O–H groups in total. The average Bonchev–Trinajstić information content (AvgIpc) is 3.06. The van der Waals surface area contributed by atoms with E-state index < -0.39 is 0 Å². The minimum absolute atomic E-state index is 0.237. The molecule has 0 bridgehead atoms. The molecular formula is C23H21FN4O3. The van der Waals surface area contributed by atoms with Crippen LogP contribution in [0.3, 0.4) is 0 Å². The number of carbonyl (C=O) groups is 1. The molecule has 31 heavy (non-hydrogen) atoms. The molecule has 0 unspecified atom stereocenters. The molecule has 2 heterocycles. The highest BCUT2D eigenvalue weighted by molar-refractivity contribution is 5.94. The highest BCUT2D eigenvalue weighted by atomic mass is 19.1. The third-order valence-corrected chi connectivity index (χ3v) is 5.00. The third kappa shape index (κ3) is 4.32. The van der Waals surface area contributed by atoms with Gasteiger partial charge in [-0.25, -0.2) is 14.2 Å². The van der Waals surface area contributed by atoms with Gasteiger partial charge in [0.15, 0.2) is 5.65 Å². The van der Waals surface area contributed by atoms with Crippen molar-refractivity contribution in [3.63, 3.8) is 0 Å². The fourth-order valence-corrected chi connectivity index (χ4v) is 3.40. The summed E-state index contributed by atoms with van der Waals surface area (Å²) in [5.74, 6) is 0.106. The number of imidazole rings is 1. The Hall–Kier alpha value is -3.94. The maximum Gasteiger partial charge on any atom is 0.330 e. The standard InChI is InChI=1S/C23H21FN4O3/c1-31-19-10-6-17(7-11-19)22(29)26-13-14-27-21-20(3-2-12-25-21)28(23(27)30)15-16-4-8-18(24)9-5-16/h2-12H,13-15H2,1H3,(H,26,29). The SMILES string of the molecule is COc1ccc(C(=O)NCCn2c(=O)n(Cc3ccc(F)cc3)c3cccnc32)cc1. The number of halogens is 1. The summed E-state index contributed by atoms with van der Waals surface area (Å²) in [6.45, 7) is 0.828. The van der Waals surface area contributed by atoms with E-state index in [1.54, 1.807) is 60.3 Å². The van der Waals surface area contributed by atoms with Crippen molar-refractivity contribution in [1.82, 2.24) is 19.4 Å². The maximum absolute atomic E-state index is 13.2. The van der Waals surface area contributed by atoms with Crippen molar-refractivity contribution in [2.24, 2.45) is 0 Å². The molecule has 2 aromatic heterocycles. The van der Waals surface area contributed by atoms with Gasteiger partial charge in [0.2, 0.25) is 0 Å². The molecule has 0 saturated carbocycles. The summed E-state index contributed by atoms with van der Waals surface area (Å²) in [6, 6.07) is 16.4. The molecule has 0 radical (unpaired) electrons. The van der Waals surface area contributed by atoms with Crippen LogP contribution >= 0.6 is 0 Å². The number of nitrogens with one attached hydrogen (secondary N) is 1. The van der Waals surface area contributed by atoms with Crippen molar-refractivity contribution in [3.05, 3.63) is 94.3 Å². The zero-order chi connectivity index (χ0) is 21.8. The minimum atomic E-state index is -0.326. The lowest BCUT2D eigenvalue weighted by Crippen LogP contribution is -2.32. The van der Waals surface area contributed by atoms with Gasteiger partial charge in [-0.2, -0.15) is 0 Å². The molecule has 0 spiro atoms. The van der Waals surface area contributed by atoms with E-state index >= 15 is 0 Å². The van der Waals surface area contributed by atoms with Crippen molar-refractivity contribution >= 4 is 17.1 Å². The Morgan fingerprint density at radius 2 is 1.81 bits per heavy atom. The number of hydrogen-bond donors (Lipinski definition) is 1. The Balaban J connectivity index is 1.52. The molecule has 4 aromatic rings. The molecule has 0 aliphatic rings. The topological polar surface area (TPSA) is 78.1 Å². The predicted octanol–water partition coefficient (Wildman–Crippen LogP) is 2.82. The Labute approximate surface area is 177 Å². The molecule has 0 aliphatic heterocycles. The van der Waals surface area contributed by atoms with Crippen LogP contribution in [-0.4, -0.2) is 33.7 Å². The number of hydrogen-bond acceptors (Lipinski definition) is 4. The zero-order valence-electron chi connectivity index (χ0n) is 16.9. The second-order valence-electron chi connectivity index (χ2n) is 6.98. The van der Waals surface area contributed by atoms with Gasteiger partial charge < -0.3 is 10.1 Å². The number of pyridine rings is 1. The van der Waals surface area contributed by atoms with Gasteiger partial charge in [-0.15, -0.1) is 0 Å². The fourth-order valence-electron chi connectivity index (χ4n) is 3.40. The van der Waals surface area contributed by atoms with Crippen molar-refractivity contribution in [2.45, 2.75) is 13.1 Å². The van der Waals surface area contributed by atoms with Crippen LogP contribution in [0.25, 0.3) is 11.2 Å². The van der Waals surface area contributed by atoms with Gasteiger partial charge in [0, 0.05) is 24.8 Å². The van der Waals surface area contributed by atoms with E-state index in [0.29, 0.717) is 29.0 Å². The molecule has 0 atom stereocenters. The van der Waals surface area contributed by atoms with Crippen LogP contribution in [0, 0.1) is 5.82 Å². The summed E-state index contributed by atoms with van der Waals surface area (Å²) in [6.07, 6.45) is 1.62. The number of rotatable bonds is 7. The molecule has 4 rings (SSSR count). The largest absolute Gasteiger partial charge is 0.497 e. The lowest BCUT2D eigenvalue weighted by atomic mass is 10.2. The lowest BCUT2D eigenvalue weighted by molar-refractivity contribution is 0.0952. The van der Waals surface area contributed by atoms with E-state index in [9.17, 15) is 14.0 Å². The molecule has 7 nitrogen and oxygen atoms in total. The van der Waals surface area contributed by atoms with Gasteiger partial charge >= 0.3 is 5.69 Å². The van der Waals surface area contributed by atoms with E-state index in [-0.39, 0.29) is 30.5 Å². The maximum atomic E-state index is 13.2. The monoisotopic (exact) mass is 420 g/mol. The number of fused-ring (bicyclic) bond motifs is 1. The van der Waals surface area contributed by atoms with Gasteiger partial charge in [-0.05, 0) is 54.1 Å².